The fourth-order valence-corrected chi connectivity index (χ4v) is 2.31. The highest BCUT2D eigenvalue weighted by Crippen LogP contribution is 2.19. The Morgan fingerprint density at radius 2 is 1.00 bits per heavy atom. The summed E-state index contributed by atoms with van der Waals surface area (Å²) >= 11 is 0. The van der Waals surface area contributed by atoms with Crippen LogP contribution in [0.3, 0.4) is 0 Å². The fraction of sp³-hybridized carbons (Fsp3) is 0. The minimum Gasteiger partial charge on any atom is -0.0911 e. The summed E-state index contributed by atoms with van der Waals surface area (Å²) < 4.78 is 0. The molecule has 0 heterocycles. The average Bonchev–Trinajstić information content (AvgIpc) is 2.29. The Balaban J connectivity index is 2.79. The van der Waals surface area contributed by atoms with Gasteiger partial charge >= 0.3 is 0 Å². The van der Waals surface area contributed by atoms with Gasteiger partial charge in [-0.2, -0.15) is 0 Å². The van der Waals surface area contributed by atoms with Gasteiger partial charge in [0, 0.05) is 0 Å². The van der Waals surface area contributed by atoms with E-state index in [2.05, 4.69) is 37.4 Å². The van der Waals surface area contributed by atoms with E-state index in [9.17, 15) is 0 Å². The molecule has 3 aromatic rings. The average molecular weight is 204 g/mol. The van der Waals surface area contributed by atoms with Crippen molar-refractivity contribution >= 4 is 34.7 Å². The van der Waals surface area contributed by atoms with Crippen LogP contribution in [-0.2, 0) is 0 Å². The van der Waals surface area contributed by atoms with E-state index in [1.165, 1.54) is 21.5 Å². The Morgan fingerprint density at radius 1 is 0.562 bits per heavy atom. The van der Waals surface area contributed by atoms with Crippen LogP contribution < -0.4 is 10.4 Å². The molecular weight excluding hydrogens is 192 g/mol. The number of benzene rings is 3. The van der Waals surface area contributed by atoms with Gasteiger partial charge in [0.25, 0.3) is 0 Å². The van der Waals surface area contributed by atoms with E-state index >= 15 is 0 Å². The molecule has 0 unspecified atom stereocenters. The third kappa shape index (κ3) is 1.17. The first-order valence-corrected chi connectivity index (χ1v) is 5.36. The lowest BCUT2D eigenvalue weighted by molar-refractivity contribution is 1.68. The van der Waals surface area contributed by atoms with Crippen LogP contribution in [0.2, 0.25) is 0 Å². The lowest BCUT2D eigenvalue weighted by atomic mass is 9.99. The molecule has 0 saturated carbocycles. The van der Waals surface area contributed by atoms with Gasteiger partial charge in [-0.3, -0.25) is 0 Å². The predicted octanol–water partition coefficient (Wildman–Crippen LogP) is 2.81. The van der Waals surface area contributed by atoms with E-state index < -0.39 is 0 Å². The van der Waals surface area contributed by atoms with E-state index in [1.807, 2.05) is 24.3 Å². The minimum absolute atomic E-state index is 1.07. The standard InChI is InChI=1S/C16H12/c1-11-5-3-7-13-9-10-14-8-4-6-12(2)16(14)15(11)13/h3-10H,1-2H2. The zero-order valence-electron chi connectivity index (χ0n) is 9.03. The molecule has 0 aliphatic heterocycles. The minimum atomic E-state index is 1.07. The number of hydrogen-bond acceptors (Lipinski definition) is 0. The molecule has 3 rings (SSSR count). The second-order valence-corrected chi connectivity index (χ2v) is 4.10. The van der Waals surface area contributed by atoms with Crippen molar-refractivity contribution in [3.05, 3.63) is 59.0 Å². The van der Waals surface area contributed by atoms with Gasteiger partial charge in [0.2, 0.25) is 0 Å². The molecule has 0 aliphatic rings. The van der Waals surface area contributed by atoms with Crippen LogP contribution in [0, 0.1) is 0 Å². The van der Waals surface area contributed by atoms with E-state index in [4.69, 9.17) is 0 Å². The van der Waals surface area contributed by atoms with E-state index in [1.54, 1.807) is 0 Å². The lowest BCUT2D eigenvalue weighted by Crippen LogP contribution is -2.05. The van der Waals surface area contributed by atoms with Gasteiger partial charge in [0.15, 0.2) is 0 Å². The second kappa shape index (κ2) is 3.21. The van der Waals surface area contributed by atoms with Crippen molar-refractivity contribution in [1.82, 2.24) is 0 Å². The van der Waals surface area contributed by atoms with Crippen LogP contribution in [0.15, 0.2) is 48.5 Å². The van der Waals surface area contributed by atoms with Gasteiger partial charge in [-0.25, -0.2) is 0 Å². The molecule has 0 nitrogen and oxygen atoms in total. The molecule has 0 radical (unpaired) electrons. The zero-order chi connectivity index (χ0) is 11.1. The van der Waals surface area contributed by atoms with Crippen LogP contribution in [0.4, 0.5) is 0 Å². The summed E-state index contributed by atoms with van der Waals surface area (Å²) in [6, 6.07) is 16.7. The lowest BCUT2D eigenvalue weighted by Gasteiger charge is -2.04. The molecule has 76 valence electrons. The molecule has 0 N–H and O–H groups in total. The molecule has 0 saturated heterocycles. The summed E-state index contributed by atoms with van der Waals surface area (Å²) in [6.07, 6.45) is 0. The molecule has 16 heavy (non-hydrogen) atoms. The maximum Gasteiger partial charge on any atom is -0.00330 e. The van der Waals surface area contributed by atoms with Gasteiger partial charge in [-0.1, -0.05) is 61.7 Å². The van der Waals surface area contributed by atoms with E-state index in [0.29, 0.717) is 0 Å². The monoisotopic (exact) mass is 204 g/mol. The summed E-state index contributed by atoms with van der Waals surface area (Å²) in [7, 11) is 0. The van der Waals surface area contributed by atoms with Crippen molar-refractivity contribution in [2.45, 2.75) is 0 Å². The fourth-order valence-electron chi connectivity index (χ4n) is 2.31. The van der Waals surface area contributed by atoms with Crippen molar-refractivity contribution in [1.29, 1.82) is 0 Å². The Hall–Kier alpha value is -2.08. The van der Waals surface area contributed by atoms with Gasteiger partial charge in [-0.05, 0) is 32.0 Å². The third-order valence-corrected chi connectivity index (χ3v) is 3.06. The molecule has 0 aliphatic carbocycles. The van der Waals surface area contributed by atoms with Gasteiger partial charge in [0.05, 0.1) is 0 Å². The smallest absolute Gasteiger partial charge is 0.00330 e. The maximum absolute atomic E-state index is 4.11. The molecule has 0 atom stereocenters. The van der Waals surface area contributed by atoms with Crippen molar-refractivity contribution in [2.24, 2.45) is 0 Å². The predicted molar refractivity (Wildman–Crippen MR) is 71.7 cm³/mol. The van der Waals surface area contributed by atoms with Crippen LogP contribution in [-0.4, -0.2) is 0 Å². The highest BCUT2D eigenvalue weighted by molar-refractivity contribution is 6.07. The highest BCUT2D eigenvalue weighted by atomic mass is 14.0. The van der Waals surface area contributed by atoms with Gasteiger partial charge < -0.3 is 0 Å². The molecule has 0 amide bonds. The molecule has 0 fully saturated rings. The largest absolute Gasteiger partial charge is 0.0911 e. The third-order valence-electron chi connectivity index (χ3n) is 3.06. The zero-order valence-corrected chi connectivity index (χ0v) is 9.03. The SMILES string of the molecule is C=c1cccc2ccc3cccc(=C)c3c12. The van der Waals surface area contributed by atoms with Crippen LogP contribution in [0.1, 0.15) is 0 Å². The van der Waals surface area contributed by atoms with E-state index in [0.717, 1.165) is 10.4 Å². The summed E-state index contributed by atoms with van der Waals surface area (Å²) in [5, 5.41) is 7.06. The number of rotatable bonds is 0. The topological polar surface area (TPSA) is 0 Å². The summed E-state index contributed by atoms with van der Waals surface area (Å²) in [5.41, 5.74) is 0. The Kier molecular flexibility index (Phi) is 1.84. The first-order chi connectivity index (χ1) is 7.77. The second-order valence-electron chi connectivity index (χ2n) is 4.10. The number of hydrogen-bond donors (Lipinski definition) is 0. The Labute approximate surface area is 94.1 Å². The first-order valence-electron chi connectivity index (χ1n) is 5.36. The quantitative estimate of drug-likeness (QED) is 0.494. The highest BCUT2D eigenvalue weighted by Gasteiger charge is 2.00. The molecule has 0 spiro atoms. The Bertz CT molecular complexity index is 713. The van der Waals surface area contributed by atoms with Crippen molar-refractivity contribution in [3.63, 3.8) is 0 Å². The Morgan fingerprint density at radius 3 is 1.44 bits per heavy atom. The summed E-state index contributed by atoms with van der Waals surface area (Å²) in [4.78, 5) is 0. The summed E-state index contributed by atoms with van der Waals surface area (Å²) in [5.74, 6) is 0. The van der Waals surface area contributed by atoms with Crippen LogP contribution in [0.25, 0.3) is 34.7 Å². The van der Waals surface area contributed by atoms with Gasteiger partial charge in [-0.15, -0.1) is 0 Å². The van der Waals surface area contributed by atoms with Crippen molar-refractivity contribution in [3.8, 4) is 0 Å². The molecule has 0 aromatic heterocycles. The summed E-state index contributed by atoms with van der Waals surface area (Å²) in [6.45, 7) is 8.22. The van der Waals surface area contributed by atoms with Crippen LogP contribution in [0.5, 0.6) is 0 Å². The molecule has 3 aromatic carbocycles. The van der Waals surface area contributed by atoms with E-state index in [-0.39, 0.29) is 0 Å². The van der Waals surface area contributed by atoms with Crippen LogP contribution >= 0.6 is 0 Å². The normalized spacial score (nSPS) is 11.0. The number of fused-ring (bicyclic) bond motifs is 3. The van der Waals surface area contributed by atoms with Gasteiger partial charge in [0.1, 0.15) is 0 Å². The molecular formula is C16H12. The van der Waals surface area contributed by atoms with Crippen molar-refractivity contribution in [2.75, 3.05) is 0 Å². The molecule has 0 heteroatoms. The first kappa shape index (κ1) is 9.17. The molecule has 0 bridgehead atoms. The maximum atomic E-state index is 4.11. The van der Waals surface area contributed by atoms with Crippen molar-refractivity contribution < 1.29 is 0 Å².